The van der Waals surface area contributed by atoms with Gasteiger partial charge in [0.05, 0.1) is 0 Å². The summed E-state index contributed by atoms with van der Waals surface area (Å²) in [5.41, 5.74) is 4.43. The first kappa shape index (κ1) is 20.1. The van der Waals surface area contributed by atoms with Crippen molar-refractivity contribution < 1.29 is 9.59 Å². The minimum Gasteiger partial charge on any atom is -0.386 e. The fourth-order valence-electron chi connectivity index (χ4n) is 4.40. The lowest BCUT2D eigenvalue weighted by atomic mass is 9.85. The van der Waals surface area contributed by atoms with E-state index in [9.17, 15) is 9.59 Å². The van der Waals surface area contributed by atoms with Crippen molar-refractivity contribution >= 4 is 11.6 Å². The third-order valence-electron chi connectivity index (χ3n) is 5.87. The van der Waals surface area contributed by atoms with Crippen LogP contribution < -0.4 is 10.6 Å². The molecule has 0 radical (unpaired) electrons. The number of carbonyl (C=O) groups is 2. The zero-order valence-corrected chi connectivity index (χ0v) is 17.1. The molecule has 0 aromatic heterocycles. The third kappa shape index (κ3) is 5.26. The van der Waals surface area contributed by atoms with E-state index >= 15 is 0 Å². The molecule has 2 aromatic carbocycles. The van der Waals surface area contributed by atoms with Crippen LogP contribution in [0.25, 0.3) is 0 Å². The third-order valence-corrected chi connectivity index (χ3v) is 5.87. The molecule has 4 nitrogen and oxygen atoms in total. The number of hydrogen-bond acceptors (Lipinski definition) is 4. The van der Waals surface area contributed by atoms with Crippen LogP contribution in [0.2, 0.25) is 0 Å². The fourth-order valence-corrected chi connectivity index (χ4v) is 4.40. The molecule has 0 spiro atoms. The maximum absolute atomic E-state index is 12.2. The summed E-state index contributed by atoms with van der Waals surface area (Å²) >= 11 is 0. The number of benzene rings is 2. The van der Waals surface area contributed by atoms with E-state index in [1.165, 1.54) is 11.1 Å². The van der Waals surface area contributed by atoms with Crippen molar-refractivity contribution in [1.82, 2.24) is 10.6 Å². The SMILES string of the molecule is O=C1C=C(NCCNC2=CC(=O)C[C@@H](c3ccccc3)C2)C[C@H](c2ccccc2)C1. The Bertz CT molecular complexity index is 868. The highest BCUT2D eigenvalue weighted by molar-refractivity contribution is 5.92. The van der Waals surface area contributed by atoms with Gasteiger partial charge in [-0.2, -0.15) is 0 Å². The number of rotatable bonds is 7. The van der Waals surface area contributed by atoms with E-state index in [0.717, 1.165) is 24.2 Å². The molecule has 30 heavy (non-hydrogen) atoms. The van der Waals surface area contributed by atoms with E-state index in [4.69, 9.17) is 0 Å². The zero-order chi connectivity index (χ0) is 20.8. The minimum absolute atomic E-state index is 0.178. The Morgan fingerprint density at radius 2 is 1.00 bits per heavy atom. The van der Waals surface area contributed by atoms with Crippen LogP contribution in [0.4, 0.5) is 0 Å². The summed E-state index contributed by atoms with van der Waals surface area (Å²) in [6.45, 7) is 1.42. The van der Waals surface area contributed by atoms with Crippen molar-refractivity contribution in [3.05, 3.63) is 95.3 Å². The van der Waals surface area contributed by atoms with Gasteiger partial charge in [-0.3, -0.25) is 9.59 Å². The van der Waals surface area contributed by atoms with Crippen molar-refractivity contribution in [3.63, 3.8) is 0 Å². The number of ketones is 2. The Kier molecular flexibility index (Phi) is 6.43. The lowest BCUT2D eigenvalue weighted by Gasteiger charge is -2.25. The molecular formula is C26H28N2O2. The molecular weight excluding hydrogens is 372 g/mol. The molecule has 0 fully saturated rings. The first-order chi connectivity index (χ1) is 14.7. The number of allylic oxidation sites excluding steroid dienone is 4. The molecule has 2 aromatic rings. The smallest absolute Gasteiger partial charge is 0.158 e. The van der Waals surface area contributed by atoms with Gasteiger partial charge in [0, 0.05) is 49.5 Å². The van der Waals surface area contributed by atoms with Crippen molar-refractivity contribution in [3.8, 4) is 0 Å². The summed E-state index contributed by atoms with van der Waals surface area (Å²) in [6, 6.07) is 20.5. The Morgan fingerprint density at radius 1 is 0.600 bits per heavy atom. The quantitative estimate of drug-likeness (QED) is 0.683. The highest BCUT2D eigenvalue weighted by atomic mass is 16.1. The molecule has 0 unspecified atom stereocenters. The maximum atomic E-state index is 12.2. The molecule has 4 heteroatoms. The average molecular weight is 401 g/mol. The highest BCUT2D eigenvalue weighted by Gasteiger charge is 2.23. The van der Waals surface area contributed by atoms with Gasteiger partial charge in [-0.1, -0.05) is 60.7 Å². The molecule has 0 saturated carbocycles. The molecule has 2 atom stereocenters. The van der Waals surface area contributed by atoms with Gasteiger partial charge in [0.2, 0.25) is 0 Å². The second-order valence-corrected chi connectivity index (χ2v) is 8.16. The van der Waals surface area contributed by atoms with Crippen molar-refractivity contribution in [2.75, 3.05) is 13.1 Å². The van der Waals surface area contributed by atoms with Gasteiger partial charge in [-0.25, -0.2) is 0 Å². The van der Waals surface area contributed by atoms with Crippen LogP contribution in [0.1, 0.15) is 48.6 Å². The van der Waals surface area contributed by atoms with Crippen LogP contribution in [-0.4, -0.2) is 24.7 Å². The second kappa shape index (κ2) is 9.57. The van der Waals surface area contributed by atoms with Crippen molar-refractivity contribution in [2.45, 2.75) is 37.5 Å². The summed E-state index contributed by atoms with van der Waals surface area (Å²) in [5.74, 6) is 0.836. The van der Waals surface area contributed by atoms with Crippen LogP contribution in [0.5, 0.6) is 0 Å². The lowest BCUT2D eigenvalue weighted by molar-refractivity contribution is -0.116. The monoisotopic (exact) mass is 400 g/mol. The van der Waals surface area contributed by atoms with Gasteiger partial charge >= 0.3 is 0 Å². The summed E-state index contributed by atoms with van der Waals surface area (Å²) < 4.78 is 0. The largest absolute Gasteiger partial charge is 0.386 e. The van der Waals surface area contributed by atoms with Crippen LogP contribution in [0, 0.1) is 0 Å². The Morgan fingerprint density at radius 3 is 1.40 bits per heavy atom. The fraction of sp³-hybridized carbons (Fsp3) is 0.308. The highest BCUT2D eigenvalue weighted by Crippen LogP contribution is 2.31. The molecule has 2 aliphatic rings. The number of hydrogen-bond donors (Lipinski definition) is 2. The predicted octanol–water partition coefficient (Wildman–Crippen LogP) is 4.23. The first-order valence-corrected chi connectivity index (χ1v) is 10.7. The van der Waals surface area contributed by atoms with Gasteiger partial charge in [0.25, 0.3) is 0 Å². The summed E-state index contributed by atoms with van der Waals surface area (Å²) in [7, 11) is 0. The summed E-state index contributed by atoms with van der Waals surface area (Å²) in [6.07, 6.45) is 6.34. The van der Waals surface area contributed by atoms with Crippen LogP contribution in [0.15, 0.2) is 84.2 Å². The van der Waals surface area contributed by atoms with E-state index in [-0.39, 0.29) is 23.4 Å². The van der Waals surface area contributed by atoms with Gasteiger partial charge in [0.1, 0.15) is 0 Å². The molecule has 2 N–H and O–H groups in total. The van der Waals surface area contributed by atoms with E-state index in [2.05, 4.69) is 34.9 Å². The van der Waals surface area contributed by atoms with Crippen molar-refractivity contribution in [2.24, 2.45) is 0 Å². The molecule has 0 saturated heterocycles. The summed E-state index contributed by atoms with van der Waals surface area (Å²) in [4.78, 5) is 24.3. The van der Waals surface area contributed by atoms with E-state index in [1.807, 2.05) is 36.4 Å². The van der Waals surface area contributed by atoms with E-state index < -0.39 is 0 Å². The van der Waals surface area contributed by atoms with Crippen molar-refractivity contribution in [1.29, 1.82) is 0 Å². The Hall–Kier alpha value is -3.14. The second-order valence-electron chi connectivity index (χ2n) is 8.16. The molecule has 0 bridgehead atoms. The molecule has 4 rings (SSSR count). The molecule has 154 valence electrons. The molecule has 0 amide bonds. The Balaban J connectivity index is 1.27. The van der Waals surface area contributed by atoms with Gasteiger partial charge in [0.15, 0.2) is 11.6 Å². The molecule has 0 heterocycles. The number of nitrogens with one attached hydrogen (secondary N) is 2. The van der Waals surface area contributed by atoms with Crippen LogP contribution in [-0.2, 0) is 9.59 Å². The summed E-state index contributed by atoms with van der Waals surface area (Å²) in [5, 5.41) is 6.82. The molecule has 2 aliphatic carbocycles. The topological polar surface area (TPSA) is 58.2 Å². The average Bonchev–Trinajstić information content (AvgIpc) is 2.77. The van der Waals surface area contributed by atoms with E-state index in [0.29, 0.717) is 25.9 Å². The van der Waals surface area contributed by atoms with Crippen LogP contribution in [0.3, 0.4) is 0 Å². The van der Waals surface area contributed by atoms with Crippen LogP contribution >= 0.6 is 0 Å². The minimum atomic E-state index is 0.178. The lowest BCUT2D eigenvalue weighted by Crippen LogP contribution is -2.30. The molecule has 0 aliphatic heterocycles. The Labute approximate surface area is 178 Å². The maximum Gasteiger partial charge on any atom is 0.158 e. The first-order valence-electron chi connectivity index (χ1n) is 10.7. The zero-order valence-electron chi connectivity index (χ0n) is 17.1. The van der Waals surface area contributed by atoms with Gasteiger partial charge < -0.3 is 10.6 Å². The normalized spacial score (nSPS) is 21.6. The standard InChI is InChI=1S/C26H28N2O2/c29-25-15-21(19-7-3-1-4-8-19)13-23(17-25)27-11-12-28-24-14-22(16-26(30)18-24)20-9-5-2-6-10-20/h1-10,17-18,21-22,27-28H,11-16H2/t21-,22-/m0/s1. The van der Waals surface area contributed by atoms with E-state index in [1.54, 1.807) is 12.2 Å². The van der Waals surface area contributed by atoms with Gasteiger partial charge in [-0.05, 0) is 35.8 Å². The predicted molar refractivity (Wildman–Crippen MR) is 119 cm³/mol. The van der Waals surface area contributed by atoms with Gasteiger partial charge in [-0.15, -0.1) is 0 Å². The number of carbonyl (C=O) groups excluding carboxylic acids is 2.